The van der Waals surface area contributed by atoms with Gasteiger partial charge >= 0.3 is 0 Å². The lowest BCUT2D eigenvalue weighted by atomic mass is 9.98. The SMILES string of the molecule is CC(C)c1ccc2c(c1)[C@H](N)C(=O)N2. The fourth-order valence-electron chi connectivity index (χ4n) is 1.66. The fraction of sp³-hybridized carbons (Fsp3) is 0.364. The number of amides is 1. The molecule has 0 aromatic heterocycles. The van der Waals surface area contributed by atoms with Gasteiger partial charge in [0.1, 0.15) is 6.04 Å². The van der Waals surface area contributed by atoms with Crippen molar-refractivity contribution in [2.75, 3.05) is 5.32 Å². The Morgan fingerprint density at radius 1 is 1.43 bits per heavy atom. The molecule has 0 fully saturated rings. The molecule has 1 aromatic carbocycles. The number of benzene rings is 1. The van der Waals surface area contributed by atoms with Gasteiger partial charge in [-0.05, 0) is 17.5 Å². The lowest BCUT2D eigenvalue weighted by Gasteiger charge is -2.08. The number of nitrogens with two attached hydrogens (primary N) is 1. The molecule has 3 nitrogen and oxygen atoms in total. The molecule has 3 N–H and O–H groups in total. The van der Waals surface area contributed by atoms with E-state index >= 15 is 0 Å². The summed E-state index contributed by atoms with van der Waals surface area (Å²) in [6.45, 7) is 4.24. The van der Waals surface area contributed by atoms with E-state index < -0.39 is 6.04 Å². The van der Waals surface area contributed by atoms with Gasteiger partial charge in [0.15, 0.2) is 0 Å². The normalized spacial score (nSPS) is 19.7. The zero-order valence-corrected chi connectivity index (χ0v) is 8.37. The van der Waals surface area contributed by atoms with Gasteiger partial charge in [-0.25, -0.2) is 0 Å². The maximum absolute atomic E-state index is 11.3. The minimum Gasteiger partial charge on any atom is -0.324 e. The Kier molecular flexibility index (Phi) is 2.04. The predicted molar refractivity (Wildman–Crippen MR) is 56.1 cm³/mol. The van der Waals surface area contributed by atoms with Crippen LogP contribution in [0.3, 0.4) is 0 Å². The van der Waals surface area contributed by atoms with E-state index in [1.807, 2.05) is 18.2 Å². The first-order chi connectivity index (χ1) is 6.59. The lowest BCUT2D eigenvalue weighted by molar-refractivity contribution is -0.116. The van der Waals surface area contributed by atoms with Gasteiger partial charge in [-0.15, -0.1) is 0 Å². The van der Waals surface area contributed by atoms with E-state index in [0.717, 1.165) is 11.3 Å². The second kappa shape index (κ2) is 3.10. The Labute approximate surface area is 83.3 Å². The molecule has 74 valence electrons. The lowest BCUT2D eigenvalue weighted by Crippen LogP contribution is -2.19. The minimum atomic E-state index is -0.497. The molecule has 1 aromatic rings. The highest BCUT2D eigenvalue weighted by Gasteiger charge is 2.27. The number of anilines is 1. The van der Waals surface area contributed by atoms with Gasteiger partial charge in [-0.2, -0.15) is 0 Å². The van der Waals surface area contributed by atoms with Crippen molar-refractivity contribution in [1.29, 1.82) is 0 Å². The van der Waals surface area contributed by atoms with Gasteiger partial charge in [0, 0.05) is 11.3 Å². The number of fused-ring (bicyclic) bond motifs is 1. The molecule has 0 saturated carbocycles. The summed E-state index contributed by atoms with van der Waals surface area (Å²) in [5.74, 6) is 0.351. The van der Waals surface area contributed by atoms with Crippen molar-refractivity contribution in [2.45, 2.75) is 25.8 Å². The highest BCUT2D eigenvalue weighted by Crippen LogP contribution is 2.31. The molecular weight excluding hydrogens is 176 g/mol. The first kappa shape index (κ1) is 9.21. The molecule has 0 bridgehead atoms. The summed E-state index contributed by atoms with van der Waals surface area (Å²) in [5, 5.41) is 2.75. The molecule has 0 spiro atoms. The Balaban J connectivity index is 2.46. The summed E-state index contributed by atoms with van der Waals surface area (Å²) in [6.07, 6.45) is 0. The topological polar surface area (TPSA) is 55.1 Å². The second-order valence-electron chi connectivity index (χ2n) is 3.97. The summed E-state index contributed by atoms with van der Waals surface area (Å²) in [7, 11) is 0. The Morgan fingerprint density at radius 2 is 2.14 bits per heavy atom. The van der Waals surface area contributed by atoms with Gasteiger partial charge in [0.25, 0.3) is 0 Å². The molecule has 0 unspecified atom stereocenters. The number of carbonyl (C=O) groups excluding carboxylic acids is 1. The van der Waals surface area contributed by atoms with E-state index in [2.05, 4.69) is 19.2 Å². The van der Waals surface area contributed by atoms with Crippen molar-refractivity contribution in [2.24, 2.45) is 5.73 Å². The summed E-state index contributed by atoms with van der Waals surface area (Å²) in [5.41, 5.74) is 8.74. The molecular formula is C11H14N2O. The van der Waals surface area contributed by atoms with E-state index in [1.54, 1.807) is 0 Å². The quantitative estimate of drug-likeness (QED) is 0.709. The third-order valence-electron chi connectivity index (χ3n) is 2.62. The van der Waals surface area contributed by atoms with Crippen molar-refractivity contribution in [3.8, 4) is 0 Å². The van der Waals surface area contributed by atoms with Crippen molar-refractivity contribution >= 4 is 11.6 Å². The summed E-state index contributed by atoms with van der Waals surface area (Å²) >= 11 is 0. The Bertz CT molecular complexity index is 385. The van der Waals surface area contributed by atoms with Crippen LogP contribution in [0.25, 0.3) is 0 Å². The third kappa shape index (κ3) is 1.30. The molecule has 0 saturated heterocycles. The smallest absolute Gasteiger partial charge is 0.245 e. The van der Waals surface area contributed by atoms with Crippen LogP contribution in [0.4, 0.5) is 5.69 Å². The minimum absolute atomic E-state index is 0.110. The molecule has 1 aliphatic heterocycles. The fourth-order valence-corrected chi connectivity index (χ4v) is 1.66. The summed E-state index contributed by atoms with van der Waals surface area (Å²) < 4.78 is 0. The molecule has 1 heterocycles. The third-order valence-corrected chi connectivity index (χ3v) is 2.62. The molecule has 0 radical (unpaired) electrons. The van der Waals surface area contributed by atoms with Crippen molar-refractivity contribution < 1.29 is 4.79 Å². The monoisotopic (exact) mass is 190 g/mol. The highest BCUT2D eigenvalue weighted by molar-refractivity contribution is 6.02. The predicted octanol–water partition coefficient (Wildman–Crippen LogP) is 1.76. The average Bonchev–Trinajstić information content (AvgIpc) is 2.43. The number of carbonyl (C=O) groups is 1. The Hall–Kier alpha value is -1.35. The van der Waals surface area contributed by atoms with Crippen LogP contribution in [0.2, 0.25) is 0 Å². The first-order valence-electron chi connectivity index (χ1n) is 4.80. The van der Waals surface area contributed by atoms with E-state index in [-0.39, 0.29) is 5.91 Å². The van der Waals surface area contributed by atoms with Crippen LogP contribution in [0.5, 0.6) is 0 Å². The van der Waals surface area contributed by atoms with Crippen LogP contribution in [0.15, 0.2) is 18.2 Å². The van der Waals surface area contributed by atoms with Gasteiger partial charge in [0.2, 0.25) is 5.91 Å². The van der Waals surface area contributed by atoms with Gasteiger partial charge in [-0.1, -0.05) is 26.0 Å². The van der Waals surface area contributed by atoms with E-state index in [0.29, 0.717) is 5.92 Å². The Morgan fingerprint density at radius 3 is 2.79 bits per heavy atom. The van der Waals surface area contributed by atoms with Gasteiger partial charge in [0.05, 0.1) is 0 Å². The standard InChI is InChI=1S/C11H14N2O/c1-6(2)7-3-4-9-8(5-7)10(12)11(14)13-9/h3-6,10H,12H2,1-2H3,(H,13,14)/t10-/m0/s1. The zero-order chi connectivity index (χ0) is 10.3. The van der Waals surface area contributed by atoms with Crippen LogP contribution in [-0.4, -0.2) is 5.91 Å². The largest absolute Gasteiger partial charge is 0.324 e. The number of hydrogen-bond donors (Lipinski definition) is 2. The maximum atomic E-state index is 11.3. The first-order valence-corrected chi connectivity index (χ1v) is 4.80. The molecule has 0 aliphatic carbocycles. The number of rotatable bonds is 1. The van der Waals surface area contributed by atoms with Crippen molar-refractivity contribution in [1.82, 2.24) is 0 Å². The second-order valence-corrected chi connectivity index (χ2v) is 3.97. The van der Waals surface area contributed by atoms with Crippen LogP contribution in [0.1, 0.15) is 36.9 Å². The highest BCUT2D eigenvalue weighted by atomic mass is 16.2. The van der Waals surface area contributed by atoms with E-state index in [4.69, 9.17) is 5.73 Å². The molecule has 1 amide bonds. The van der Waals surface area contributed by atoms with Gasteiger partial charge in [-0.3, -0.25) is 4.79 Å². The van der Waals surface area contributed by atoms with Crippen LogP contribution >= 0.6 is 0 Å². The molecule has 1 atom stereocenters. The molecule has 3 heteroatoms. The van der Waals surface area contributed by atoms with E-state index in [9.17, 15) is 4.79 Å². The summed E-state index contributed by atoms with van der Waals surface area (Å²) in [6, 6.07) is 5.48. The number of hydrogen-bond acceptors (Lipinski definition) is 2. The van der Waals surface area contributed by atoms with E-state index in [1.165, 1.54) is 5.56 Å². The molecule has 1 aliphatic rings. The van der Waals surface area contributed by atoms with Gasteiger partial charge < -0.3 is 11.1 Å². The number of nitrogens with one attached hydrogen (secondary N) is 1. The van der Waals surface area contributed by atoms with Crippen molar-refractivity contribution in [3.63, 3.8) is 0 Å². The summed E-state index contributed by atoms with van der Waals surface area (Å²) in [4.78, 5) is 11.3. The maximum Gasteiger partial charge on any atom is 0.245 e. The van der Waals surface area contributed by atoms with Crippen molar-refractivity contribution in [3.05, 3.63) is 29.3 Å². The molecule has 14 heavy (non-hydrogen) atoms. The average molecular weight is 190 g/mol. The van der Waals surface area contributed by atoms with Crippen LogP contribution in [0, 0.1) is 0 Å². The zero-order valence-electron chi connectivity index (χ0n) is 8.37. The molecule has 2 rings (SSSR count). The van der Waals surface area contributed by atoms with Crippen LogP contribution in [-0.2, 0) is 4.79 Å². The van der Waals surface area contributed by atoms with Crippen LogP contribution < -0.4 is 11.1 Å².